The number of Topliss-reactive ketones (excluding diaryl/α,β-unsaturated/α-hetero) is 1. The fourth-order valence-electron chi connectivity index (χ4n) is 3.21. The zero-order chi connectivity index (χ0) is 20.8. The van der Waals surface area contributed by atoms with E-state index in [9.17, 15) is 9.18 Å². The highest BCUT2D eigenvalue weighted by atomic mass is 19.1. The fourth-order valence-corrected chi connectivity index (χ4v) is 3.21. The van der Waals surface area contributed by atoms with E-state index in [0.717, 1.165) is 18.4 Å². The van der Waals surface area contributed by atoms with E-state index in [4.69, 9.17) is 0 Å². The number of nitrogens with zero attached hydrogens (tertiary/aromatic N) is 2. The summed E-state index contributed by atoms with van der Waals surface area (Å²) < 4.78 is 13.0. The van der Waals surface area contributed by atoms with Gasteiger partial charge in [-0.15, -0.1) is 0 Å². The van der Waals surface area contributed by atoms with Crippen molar-refractivity contribution in [3.8, 4) is 11.8 Å². The number of ketones is 1. The molecule has 7 heteroatoms. The third-order valence-corrected chi connectivity index (χ3v) is 5.18. The lowest BCUT2D eigenvalue weighted by atomic mass is 9.72. The second-order valence-corrected chi connectivity index (χ2v) is 7.32. The highest BCUT2D eigenvalue weighted by molar-refractivity contribution is 5.83. The smallest absolute Gasteiger partial charge is 0.229 e. The Labute approximate surface area is 170 Å². The molecule has 152 valence electrons. The summed E-state index contributed by atoms with van der Waals surface area (Å²) in [6, 6.07) is 5.92. The fraction of sp³-hybridized carbons (Fsp3) is 0.409. The van der Waals surface area contributed by atoms with Crippen LogP contribution in [0.5, 0.6) is 0 Å². The summed E-state index contributed by atoms with van der Waals surface area (Å²) in [4.78, 5) is 20.7. The van der Waals surface area contributed by atoms with Gasteiger partial charge in [-0.2, -0.15) is 4.98 Å². The van der Waals surface area contributed by atoms with Crippen LogP contribution < -0.4 is 16.0 Å². The van der Waals surface area contributed by atoms with Gasteiger partial charge in [-0.1, -0.05) is 11.8 Å². The monoisotopic (exact) mass is 395 g/mol. The van der Waals surface area contributed by atoms with Crippen LogP contribution in [0.3, 0.4) is 0 Å². The standard InChI is InChI=1S/C22H26FN5O/c1-14(24-2)20(29)12-16-10-15(11-16)4-5-17-13-26-22(28-21(17)25-3)27-19-8-6-18(23)7-9-19/h6-9,13-16,24H,10-12H2,1-3H3,(H2,25,26,27,28)/t14-,15?,16?/m0/s1. The number of rotatable bonds is 7. The molecule has 1 saturated carbocycles. The van der Waals surface area contributed by atoms with Gasteiger partial charge < -0.3 is 16.0 Å². The number of hydrogen-bond acceptors (Lipinski definition) is 6. The van der Waals surface area contributed by atoms with Crippen LogP contribution in [0.1, 0.15) is 31.7 Å². The van der Waals surface area contributed by atoms with Crippen molar-refractivity contribution in [2.24, 2.45) is 11.8 Å². The number of carbonyl (C=O) groups excluding carboxylic acids is 1. The molecule has 0 aliphatic heterocycles. The molecule has 1 aliphatic rings. The van der Waals surface area contributed by atoms with Gasteiger partial charge in [-0.25, -0.2) is 9.37 Å². The predicted molar refractivity (Wildman–Crippen MR) is 112 cm³/mol. The molecule has 2 aromatic rings. The normalized spacial score (nSPS) is 18.8. The summed E-state index contributed by atoms with van der Waals surface area (Å²) in [5, 5.41) is 9.07. The highest BCUT2D eigenvalue weighted by Gasteiger charge is 2.30. The molecule has 1 atom stereocenters. The minimum absolute atomic E-state index is 0.0856. The van der Waals surface area contributed by atoms with Gasteiger partial charge in [0.1, 0.15) is 17.4 Å². The van der Waals surface area contributed by atoms with Gasteiger partial charge in [0.25, 0.3) is 0 Å². The maximum Gasteiger partial charge on any atom is 0.229 e. The molecule has 29 heavy (non-hydrogen) atoms. The first kappa shape index (κ1) is 20.7. The largest absolute Gasteiger partial charge is 0.372 e. The Morgan fingerprint density at radius 3 is 2.66 bits per heavy atom. The number of carbonyl (C=O) groups is 1. The SMILES string of the molecule is CNc1nc(Nc2ccc(F)cc2)ncc1C#CC1CC(CC(=O)[C@H](C)NC)C1. The van der Waals surface area contributed by atoms with Crippen molar-refractivity contribution in [3.05, 3.63) is 41.8 Å². The minimum atomic E-state index is -0.294. The number of halogens is 1. The molecule has 0 unspecified atom stereocenters. The molecule has 0 spiro atoms. The molecule has 3 rings (SSSR count). The Kier molecular flexibility index (Phi) is 6.78. The van der Waals surface area contributed by atoms with Crippen LogP contribution in [-0.4, -0.2) is 35.9 Å². The molecule has 1 aromatic carbocycles. The van der Waals surface area contributed by atoms with Crippen LogP contribution >= 0.6 is 0 Å². The summed E-state index contributed by atoms with van der Waals surface area (Å²) in [6.45, 7) is 1.90. The zero-order valence-electron chi connectivity index (χ0n) is 16.9. The molecule has 0 saturated heterocycles. The molecule has 0 radical (unpaired) electrons. The van der Waals surface area contributed by atoms with Crippen molar-refractivity contribution < 1.29 is 9.18 Å². The van der Waals surface area contributed by atoms with E-state index in [1.54, 1.807) is 32.4 Å². The average molecular weight is 395 g/mol. The Morgan fingerprint density at radius 2 is 2.00 bits per heavy atom. The average Bonchev–Trinajstić information content (AvgIpc) is 2.70. The molecular weight excluding hydrogens is 369 g/mol. The summed E-state index contributed by atoms with van der Waals surface area (Å²) in [5.41, 5.74) is 1.43. The molecule has 1 heterocycles. The van der Waals surface area contributed by atoms with Crippen molar-refractivity contribution >= 4 is 23.2 Å². The van der Waals surface area contributed by atoms with Crippen LogP contribution in [0, 0.1) is 29.5 Å². The van der Waals surface area contributed by atoms with Crippen LogP contribution in [0.2, 0.25) is 0 Å². The number of likely N-dealkylation sites (N-methyl/N-ethyl adjacent to an activating group) is 1. The van der Waals surface area contributed by atoms with Gasteiger partial charge in [0, 0.05) is 25.1 Å². The lowest BCUT2D eigenvalue weighted by Gasteiger charge is -2.32. The second-order valence-electron chi connectivity index (χ2n) is 7.32. The van der Waals surface area contributed by atoms with Gasteiger partial charge in [-0.3, -0.25) is 4.79 Å². The third-order valence-electron chi connectivity index (χ3n) is 5.18. The molecule has 1 fully saturated rings. The van der Waals surface area contributed by atoms with Gasteiger partial charge in [-0.05, 0) is 57.0 Å². The Hall–Kier alpha value is -2.98. The van der Waals surface area contributed by atoms with Crippen molar-refractivity contribution in [1.82, 2.24) is 15.3 Å². The van der Waals surface area contributed by atoms with Crippen molar-refractivity contribution in [3.63, 3.8) is 0 Å². The van der Waals surface area contributed by atoms with E-state index >= 15 is 0 Å². The Bertz CT molecular complexity index is 913. The Morgan fingerprint density at radius 1 is 1.28 bits per heavy atom. The van der Waals surface area contributed by atoms with Gasteiger partial charge in [0.15, 0.2) is 0 Å². The molecule has 1 aromatic heterocycles. The topological polar surface area (TPSA) is 78.9 Å². The number of benzene rings is 1. The molecule has 0 bridgehead atoms. The van der Waals surface area contributed by atoms with E-state index in [1.165, 1.54) is 12.1 Å². The number of nitrogens with one attached hydrogen (secondary N) is 3. The third kappa shape index (κ3) is 5.52. The first-order valence-electron chi connectivity index (χ1n) is 9.77. The minimum Gasteiger partial charge on any atom is -0.372 e. The van der Waals surface area contributed by atoms with E-state index in [2.05, 4.69) is 37.8 Å². The first-order chi connectivity index (χ1) is 14.0. The first-order valence-corrected chi connectivity index (χ1v) is 9.77. The molecular formula is C22H26FN5O. The molecule has 6 nitrogen and oxygen atoms in total. The predicted octanol–water partition coefficient (Wildman–Crippen LogP) is 3.35. The molecule has 0 amide bonds. The maximum atomic E-state index is 13.0. The Balaban J connectivity index is 1.58. The zero-order valence-corrected chi connectivity index (χ0v) is 16.9. The number of aromatic nitrogens is 2. The second kappa shape index (κ2) is 9.48. The lowest BCUT2D eigenvalue weighted by Crippen LogP contribution is -2.34. The quantitative estimate of drug-likeness (QED) is 0.624. The molecule has 1 aliphatic carbocycles. The molecule has 3 N–H and O–H groups in total. The van der Waals surface area contributed by atoms with Crippen LogP contribution in [0.25, 0.3) is 0 Å². The summed E-state index contributed by atoms with van der Waals surface area (Å²) in [7, 11) is 3.59. The van der Waals surface area contributed by atoms with Gasteiger partial charge in [0.05, 0.1) is 17.8 Å². The van der Waals surface area contributed by atoms with E-state index in [0.29, 0.717) is 35.7 Å². The number of hydrogen-bond donors (Lipinski definition) is 3. The summed E-state index contributed by atoms with van der Waals surface area (Å²) in [5.74, 6) is 8.18. The van der Waals surface area contributed by atoms with Crippen molar-refractivity contribution in [2.45, 2.75) is 32.2 Å². The van der Waals surface area contributed by atoms with Crippen LogP contribution in [0.15, 0.2) is 30.5 Å². The number of anilines is 3. The summed E-state index contributed by atoms with van der Waals surface area (Å²) >= 11 is 0. The van der Waals surface area contributed by atoms with Gasteiger partial charge in [0.2, 0.25) is 5.95 Å². The lowest BCUT2D eigenvalue weighted by molar-refractivity contribution is -0.122. The van der Waals surface area contributed by atoms with E-state index in [-0.39, 0.29) is 17.6 Å². The van der Waals surface area contributed by atoms with Gasteiger partial charge >= 0.3 is 0 Å². The summed E-state index contributed by atoms with van der Waals surface area (Å²) in [6.07, 6.45) is 4.20. The van der Waals surface area contributed by atoms with E-state index in [1.807, 2.05) is 6.92 Å². The maximum absolute atomic E-state index is 13.0. The van der Waals surface area contributed by atoms with Crippen molar-refractivity contribution in [2.75, 3.05) is 24.7 Å². The van der Waals surface area contributed by atoms with Crippen LogP contribution in [0.4, 0.5) is 21.8 Å². The van der Waals surface area contributed by atoms with Crippen LogP contribution in [-0.2, 0) is 4.79 Å². The van der Waals surface area contributed by atoms with E-state index < -0.39 is 0 Å². The van der Waals surface area contributed by atoms with Crippen molar-refractivity contribution in [1.29, 1.82) is 0 Å². The highest BCUT2D eigenvalue weighted by Crippen LogP contribution is 2.36.